The molecule has 192 valence electrons. The van der Waals surface area contributed by atoms with Crippen LogP contribution in [0.25, 0.3) is 0 Å². The van der Waals surface area contributed by atoms with Crippen LogP contribution in [0.4, 0.5) is 24.5 Å². The Morgan fingerprint density at radius 1 is 1.17 bits per heavy atom. The minimum Gasteiger partial charge on any atom is -0.372 e. The van der Waals surface area contributed by atoms with Gasteiger partial charge in [-0.1, -0.05) is 30.7 Å². The molecule has 0 saturated carbocycles. The van der Waals surface area contributed by atoms with Crippen LogP contribution in [0.1, 0.15) is 43.9 Å². The summed E-state index contributed by atoms with van der Waals surface area (Å²) in [6.07, 6.45) is -1.61. The van der Waals surface area contributed by atoms with Gasteiger partial charge in [0.2, 0.25) is 15.9 Å². The van der Waals surface area contributed by atoms with Crippen LogP contribution in [0.3, 0.4) is 0 Å². The molecule has 0 bridgehead atoms. The van der Waals surface area contributed by atoms with Crippen LogP contribution in [0.5, 0.6) is 0 Å². The molecule has 1 unspecified atom stereocenters. The Morgan fingerprint density at radius 3 is 2.31 bits per heavy atom. The third-order valence-electron chi connectivity index (χ3n) is 6.15. The Kier molecular flexibility index (Phi) is 8.26. The number of nitrogens with zero attached hydrogens (tertiary/aromatic N) is 2. The maximum Gasteiger partial charge on any atom is 0.416 e. The van der Waals surface area contributed by atoms with Gasteiger partial charge < -0.3 is 10.2 Å². The van der Waals surface area contributed by atoms with Crippen molar-refractivity contribution in [3.05, 3.63) is 58.6 Å². The molecule has 1 N–H and O–H groups in total. The summed E-state index contributed by atoms with van der Waals surface area (Å²) in [5.74, 6) is 0.0450. The van der Waals surface area contributed by atoms with Gasteiger partial charge in [-0.05, 0) is 61.6 Å². The van der Waals surface area contributed by atoms with E-state index in [9.17, 15) is 26.4 Å². The van der Waals surface area contributed by atoms with E-state index in [0.29, 0.717) is 10.4 Å². The summed E-state index contributed by atoms with van der Waals surface area (Å²) in [6, 6.07) is 9.66. The molecule has 0 radical (unpaired) electrons. The van der Waals surface area contributed by atoms with Gasteiger partial charge in [-0.3, -0.25) is 9.10 Å². The van der Waals surface area contributed by atoms with Gasteiger partial charge in [-0.25, -0.2) is 8.42 Å². The van der Waals surface area contributed by atoms with Gasteiger partial charge in [-0.2, -0.15) is 13.2 Å². The predicted molar refractivity (Wildman–Crippen MR) is 132 cm³/mol. The molecule has 1 fully saturated rings. The fraction of sp³-hybridized carbons (Fsp3) is 0.458. The van der Waals surface area contributed by atoms with E-state index in [-0.39, 0.29) is 5.02 Å². The molecule has 0 aliphatic carbocycles. The van der Waals surface area contributed by atoms with E-state index >= 15 is 0 Å². The minimum atomic E-state index is -4.70. The largest absolute Gasteiger partial charge is 0.416 e. The third kappa shape index (κ3) is 7.04. The molecule has 1 heterocycles. The van der Waals surface area contributed by atoms with Crippen molar-refractivity contribution in [3.8, 4) is 0 Å². The van der Waals surface area contributed by atoms with E-state index in [2.05, 4.69) is 17.1 Å². The van der Waals surface area contributed by atoms with Crippen LogP contribution < -0.4 is 14.5 Å². The molecule has 2 aromatic rings. The molecule has 35 heavy (non-hydrogen) atoms. The van der Waals surface area contributed by atoms with E-state index in [1.165, 1.54) is 0 Å². The molecular formula is C24H29ClF3N3O3S. The van der Waals surface area contributed by atoms with Crippen molar-refractivity contribution in [2.45, 2.75) is 38.9 Å². The third-order valence-corrected chi connectivity index (χ3v) is 7.60. The number of piperidine rings is 1. The van der Waals surface area contributed by atoms with Crippen molar-refractivity contribution >= 4 is 38.9 Å². The number of benzene rings is 2. The predicted octanol–water partition coefficient (Wildman–Crippen LogP) is 5.24. The van der Waals surface area contributed by atoms with Crippen molar-refractivity contribution in [1.29, 1.82) is 0 Å². The summed E-state index contributed by atoms with van der Waals surface area (Å²) in [5.41, 5.74) is 0.437. The highest BCUT2D eigenvalue weighted by Crippen LogP contribution is 2.36. The number of amides is 1. The molecule has 0 aromatic heterocycles. The number of hydrogen-bond donors (Lipinski definition) is 1. The summed E-state index contributed by atoms with van der Waals surface area (Å²) >= 11 is 6.01. The first kappa shape index (κ1) is 27.1. The summed E-state index contributed by atoms with van der Waals surface area (Å²) in [7, 11) is -4.11. The fourth-order valence-corrected chi connectivity index (χ4v) is 5.13. The van der Waals surface area contributed by atoms with Gasteiger partial charge in [0.1, 0.15) is 6.54 Å². The van der Waals surface area contributed by atoms with Gasteiger partial charge in [0.05, 0.1) is 28.6 Å². The number of halogens is 4. The molecule has 1 saturated heterocycles. The standard InChI is InChI=1S/C24H29ClF3N3O3S/c1-16-10-12-30(13-11-16)20-7-4-18(5-8-20)17(2)29-23(32)15-31(35(3,33)34)22-14-19(24(26,27)28)6-9-21(22)25/h4-9,14,16-17H,10-13,15H2,1-3H3,(H,29,32). The van der Waals surface area contributed by atoms with Gasteiger partial charge in [0, 0.05) is 18.8 Å². The summed E-state index contributed by atoms with van der Waals surface area (Å²) in [5, 5.41) is 2.50. The maximum atomic E-state index is 13.2. The number of alkyl halides is 3. The zero-order valence-electron chi connectivity index (χ0n) is 19.8. The average molecular weight is 532 g/mol. The van der Waals surface area contributed by atoms with Crippen molar-refractivity contribution in [3.63, 3.8) is 0 Å². The fourth-order valence-electron chi connectivity index (χ4n) is 4.00. The average Bonchev–Trinajstić information content (AvgIpc) is 2.77. The van der Waals surface area contributed by atoms with Crippen LogP contribution in [0.15, 0.2) is 42.5 Å². The van der Waals surface area contributed by atoms with E-state index in [0.717, 1.165) is 61.5 Å². The van der Waals surface area contributed by atoms with Crippen molar-refractivity contribution in [2.24, 2.45) is 5.92 Å². The number of carbonyl (C=O) groups is 1. The zero-order valence-corrected chi connectivity index (χ0v) is 21.3. The molecule has 6 nitrogen and oxygen atoms in total. The highest BCUT2D eigenvalue weighted by molar-refractivity contribution is 7.92. The van der Waals surface area contributed by atoms with Gasteiger partial charge in [0.25, 0.3) is 0 Å². The first-order valence-corrected chi connectivity index (χ1v) is 13.5. The zero-order chi connectivity index (χ0) is 26.0. The molecule has 1 atom stereocenters. The maximum absolute atomic E-state index is 13.2. The van der Waals surface area contributed by atoms with Crippen molar-refractivity contribution in [1.82, 2.24) is 5.32 Å². The summed E-state index contributed by atoms with van der Waals surface area (Å²) in [6.45, 7) is 5.26. The SMILES string of the molecule is CC1CCN(c2ccc(C(C)NC(=O)CN(c3cc(C(F)(F)F)ccc3Cl)S(C)(=O)=O)cc2)CC1. The van der Waals surface area contributed by atoms with Gasteiger partial charge in [-0.15, -0.1) is 0 Å². The number of anilines is 2. The number of rotatable bonds is 7. The highest BCUT2D eigenvalue weighted by Gasteiger charge is 2.33. The Balaban J connectivity index is 1.72. The lowest BCUT2D eigenvalue weighted by molar-refractivity contribution is -0.137. The lowest BCUT2D eigenvalue weighted by atomic mass is 9.98. The van der Waals surface area contributed by atoms with Crippen LogP contribution in [-0.2, 0) is 21.0 Å². The van der Waals surface area contributed by atoms with E-state index in [4.69, 9.17) is 11.6 Å². The molecule has 1 amide bonds. The first-order chi connectivity index (χ1) is 16.3. The Morgan fingerprint density at radius 2 is 1.77 bits per heavy atom. The lowest BCUT2D eigenvalue weighted by Gasteiger charge is -2.32. The summed E-state index contributed by atoms with van der Waals surface area (Å²) < 4.78 is 64.7. The van der Waals surface area contributed by atoms with Crippen LogP contribution in [0, 0.1) is 5.92 Å². The van der Waals surface area contributed by atoms with E-state index < -0.39 is 45.9 Å². The van der Waals surface area contributed by atoms with E-state index in [1.807, 2.05) is 24.3 Å². The molecular weight excluding hydrogens is 503 g/mol. The molecule has 1 aliphatic rings. The van der Waals surface area contributed by atoms with Crippen molar-refractivity contribution in [2.75, 3.05) is 35.1 Å². The van der Waals surface area contributed by atoms with E-state index in [1.54, 1.807) is 6.92 Å². The Bertz CT molecular complexity index is 1150. The minimum absolute atomic E-state index is 0.216. The molecule has 3 rings (SSSR count). The monoisotopic (exact) mass is 531 g/mol. The van der Waals surface area contributed by atoms with Gasteiger partial charge >= 0.3 is 6.18 Å². The topological polar surface area (TPSA) is 69.7 Å². The molecule has 1 aliphatic heterocycles. The number of carbonyl (C=O) groups excluding carboxylic acids is 1. The molecule has 0 spiro atoms. The highest BCUT2D eigenvalue weighted by atomic mass is 35.5. The van der Waals surface area contributed by atoms with Gasteiger partial charge in [0.15, 0.2) is 0 Å². The number of hydrogen-bond acceptors (Lipinski definition) is 4. The van der Waals surface area contributed by atoms with Crippen LogP contribution >= 0.6 is 11.6 Å². The number of nitrogens with one attached hydrogen (secondary N) is 1. The second-order valence-corrected chi connectivity index (χ2v) is 11.3. The molecule has 11 heteroatoms. The Labute approximate surface area is 209 Å². The van der Waals surface area contributed by atoms with Crippen LogP contribution in [0.2, 0.25) is 5.02 Å². The quantitative estimate of drug-likeness (QED) is 0.530. The smallest absolute Gasteiger partial charge is 0.372 e. The Hall–Kier alpha value is -2.46. The second-order valence-electron chi connectivity index (χ2n) is 8.98. The normalized spacial score (nSPS) is 16.1. The van der Waals surface area contributed by atoms with Crippen LogP contribution in [-0.4, -0.2) is 40.2 Å². The number of sulfonamides is 1. The first-order valence-electron chi connectivity index (χ1n) is 11.2. The summed E-state index contributed by atoms with van der Waals surface area (Å²) in [4.78, 5) is 15.0. The second kappa shape index (κ2) is 10.7. The van der Waals surface area contributed by atoms with Crippen molar-refractivity contribution < 1.29 is 26.4 Å². The molecule has 2 aromatic carbocycles. The lowest BCUT2D eigenvalue weighted by Crippen LogP contribution is -2.41.